The molecule has 3 aromatic heterocycles. The molecule has 4 aromatic rings. The molecule has 0 aliphatic carbocycles. The molecule has 10 nitrogen and oxygen atoms in total. The molecule has 0 radical (unpaired) electrons. The lowest BCUT2D eigenvalue weighted by atomic mass is 10.1. The number of benzene rings is 1. The number of aromatic nitrogens is 4. The number of halogens is 2. The summed E-state index contributed by atoms with van der Waals surface area (Å²) in [5.74, 6) is 1.87. The normalized spacial score (nSPS) is 15.5. The van der Waals surface area contributed by atoms with E-state index in [1.165, 1.54) is 23.0 Å². The Morgan fingerprint density at radius 3 is 2.33 bits per heavy atom. The number of nitrogens with one attached hydrogen (secondary N) is 1. The van der Waals surface area contributed by atoms with Gasteiger partial charge in [-0.2, -0.15) is 9.40 Å². The number of ether oxygens (including phenoxy) is 2. The molecule has 5 rings (SSSR count). The highest BCUT2D eigenvalue weighted by atomic mass is 35.5. The molecule has 0 unspecified atom stereocenters. The van der Waals surface area contributed by atoms with E-state index < -0.39 is 16.1 Å². The number of rotatable bonds is 7. The second-order valence-corrected chi connectivity index (χ2v) is 12.2. The van der Waals surface area contributed by atoms with Crippen LogP contribution in [-0.4, -0.2) is 72.4 Å². The summed E-state index contributed by atoms with van der Waals surface area (Å²) in [4.78, 5) is 10.8. The van der Waals surface area contributed by atoms with Gasteiger partial charge >= 0.3 is 0 Å². The minimum absolute atomic E-state index is 0.415. The lowest BCUT2D eigenvalue weighted by Crippen LogP contribution is -2.48. The van der Waals surface area contributed by atoms with E-state index in [0.29, 0.717) is 59.0 Å². The molecule has 1 saturated heterocycles. The van der Waals surface area contributed by atoms with Crippen molar-refractivity contribution < 1.29 is 17.9 Å². The van der Waals surface area contributed by atoms with E-state index >= 15 is 0 Å². The van der Waals surface area contributed by atoms with Crippen molar-refractivity contribution >= 4 is 49.9 Å². The zero-order valence-electron chi connectivity index (χ0n) is 21.9. The minimum Gasteiger partial charge on any atom is -0.493 e. The smallest absolute Gasteiger partial charge is 0.211 e. The largest absolute Gasteiger partial charge is 0.493 e. The zero-order valence-corrected chi connectivity index (χ0v) is 24.2. The highest BCUT2D eigenvalue weighted by Gasteiger charge is 2.25. The average Bonchev–Trinajstić information content (AvgIpc) is 3.30. The van der Waals surface area contributed by atoms with Gasteiger partial charge in [-0.1, -0.05) is 23.2 Å². The van der Waals surface area contributed by atoms with Crippen LogP contribution in [-0.2, 0) is 10.0 Å². The van der Waals surface area contributed by atoms with Gasteiger partial charge < -0.3 is 14.4 Å². The second-order valence-electron chi connectivity index (χ2n) is 9.41. The summed E-state index contributed by atoms with van der Waals surface area (Å²) >= 11 is 12.7. The Morgan fingerprint density at radius 1 is 1.03 bits per heavy atom. The van der Waals surface area contributed by atoms with E-state index in [9.17, 15) is 8.42 Å². The molecule has 1 aromatic carbocycles. The Hall–Kier alpha value is -3.12. The number of aromatic amines is 1. The van der Waals surface area contributed by atoms with E-state index in [2.05, 4.69) is 20.1 Å². The van der Waals surface area contributed by atoms with E-state index in [-0.39, 0.29) is 0 Å². The topological polar surface area (TPSA) is 114 Å². The molecule has 1 N–H and O–H groups in total. The fraction of sp³-hybridized carbons (Fsp3) is 0.346. The van der Waals surface area contributed by atoms with Gasteiger partial charge in [0, 0.05) is 67.3 Å². The number of methoxy groups -OCH3 is 1. The third kappa shape index (κ3) is 5.49. The second kappa shape index (κ2) is 10.8. The van der Waals surface area contributed by atoms with Crippen molar-refractivity contribution in [3.63, 3.8) is 0 Å². The van der Waals surface area contributed by atoms with Gasteiger partial charge in [0.1, 0.15) is 17.6 Å². The van der Waals surface area contributed by atoms with Crippen LogP contribution >= 0.6 is 23.2 Å². The molecular weight excluding hydrogens is 563 g/mol. The van der Waals surface area contributed by atoms with Crippen molar-refractivity contribution in [3.05, 3.63) is 58.0 Å². The average molecular weight is 592 g/mol. The quantitative estimate of drug-likeness (QED) is 0.324. The van der Waals surface area contributed by atoms with Gasteiger partial charge in [0.05, 0.1) is 28.9 Å². The van der Waals surface area contributed by atoms with Gasteiger partial charge in [0.2, 0.25) is 10.0 Å². The molecule has 0 spiro atoms. The highest BCUT2D eigenvalue weighted by Crippen LogP contribution is 2.40. The number of anilines is 1. The predicted octanol–water partition coefficient (Wildman–Crippen LogP) is 4.87. The van der Waals surface area contributed by atoms with E-state index in [1.807, 2.05) is 32.0 Å². The van der Waals surface area contributed by atoms with Crippen LogP contribution in [0.3, 0.4) is 0 Å². The van der Waals surface area contributed by atoms with Crippen molar-refractivity contribution in [3.8, 4) is 22.8 Å². The monoisotopic (exact) mass is 590 g/mol. The Bertz CT molecular complexity index is 1620. The van der Waals surface area contributed by atoms with Crippen molar-refractivity contribution in [1.29, 1.82) is 0 Å². The van der Waals surface area contributed by atoms with Gasteiger partial charge in [-0.25, -0.2) is 13.4 Å². The summed E-state index contributed by atoms with van der Waals surface area (Å²) in [5, 5.41) is 9.29. The van der Waals surface area contributed by atoms with Crippen LogP contribution < -0.4 is 14.4 Å². The van der Waals surface area contributed by atoms with Crippen LogP contribution in [0.15, 0.2) is 36.8 Å². The fourth-order valence-electron chi connectivity index (χ4n) is 4.82. The first-order valence-corrected chi connectivity index (χ1v) is 14.9. The maximum Gasteiger partial charge on any atom is 0.211 e. The van der Waals surface area contributed by atoms with Crippen molar-refractivity contribution in [2.45, 2.75) is 20.0 Å². The SMILES string of the molecule is COc1cc2[nH]nc(-c3cnc(N4CCN(S(C)(=O)=O)CC4)c(C)c3)c2cc1O[C@H](C)c1c(Cl)cncc1Cl. The number of pyridine rings is 2. The molecule has 0 bridgehead atoms. The fourth-order valence-corrected chi connectivity index (χ4v) is 6.31. The maximum atomic E-state index is 11.9. The van der Waals surface area contributed by atoms with Gasteiger partial charge in [-0.3, -0.25) is 10.1 Å². The van der Waals surface area contributed by atoms with Crippen LogP contribution in [0.25, 0.3) is 22.2 Å². The summed E-state index contributed by atoms with van der Waals surface area (Å²) < 4.78 is 37.1. The summed E-state index contributed by atoms with van der Waals surface area (Å²) in [6, 6.07) is 5.74. The molecule has 4 heterocycles. The van der Waals surface area contributed by atoms with E-state index in [1.54, 1.807) is 13.3 Å². The minimum atomic E-state index is -3.20. The van der Waals surface area contributed by atoms with Crippen molar-refractivity contribution in [2.24, 2.45) is 0 Å². The first-order valence-electron chi connectivity index (χ1n) is 12.3. The molecule has 0 amide bonds. The van der Waals surface area contributed by atoms with Crippen molar-refractivity contribution in [1.82, 2.24) is 24.5 Å². The lowest BCUT2D eigenvalue weighted by molar-refractivity contribution is 0.216. The van der Waals surface area contributed by atoms with Crippen LogP contribution in [0.1, 0.15) is 24.2 Å². The maximum absolute atomic E-state index is 11.9. The van der Waals surface area contributed by atoms with Gasteiger partial charge in [0.15, 0.2) is 11.5 Å². The Labute approximate surface area is 236 Å². The number of piperazine rings is 1. The summed E-state index contributed by atoms with van der Waals surface area (Å²) in [6.45, 7) is 5.88. The first kappa shape index (κ1) is 27.4. The number of H-pyrrole nitrogens is 1. The van der Waals surface area contributed by atoms with Crippen LogP contribution in [0.2, 0.25) is 10.0 Å². The van der Waals surface area contributed by atoms with Gasteiger partial charge in [-0.05, 0) is 31.5 Å². The third-order valence-electron chi connectivity index (χ3n) is 6.78. The molecule has 39 heavy (non-hydrogen) atoms. The third-order valence-corrected chi connectivity index (χ3v) is 8.68. The Kier molecular flexibility index (Phi) is 7.60. The van der Waals surface area contributed by atoms with Crippen LogP contribution in [0.4, 0.5) is 5.82 Å². The predicted molar refractivity (Wildman–Crippen MR) is 153 cm³/mol. The molecule has 1 fully saturated rings. The first-order chi connectivity index (χ1) is 18.6. The van der Waals surface area contributed by atoms with Crippen molar-refractivity contribution in [2.75, 3.05) is 44.4 Å². The standard InChI is InChI=1S/C26H28Cl2N6O4S/c1-15-9-17(12-30-26(15)33-5-7-34(8-6-33)39(4,35)36)25-18-10-23(22(37-3)11-21(18)31-32-25)38-16(2)24-19(27)13-29-14-20(24)28/h9-14,16H,5-8H2,1-4H3,(H,31,32)/t16-/m1/s1. The molecule has 206 valence electrons. The highest BCUT2D eigenvalue weighted by molar-refractivity contribution is 7.88. The number of hydrogen-bond donors (Lipinski definition) is 1. The summed E-state index contributed by atoms with van der Waals surface area (Å²) in [5.41, 5.74) is 3.93. The van der Waals surface area contributed by atoms with E-state index in [4.69, 9.17) is 37.7 Å². The molecule has 1 atom stereocenters. The van der Waals surface area contributed by atoms with Crippen LogP contribution in [0.5, 0.6) is 11.5 Å². The Morgan fingerprint density at radius 2 is 1.72 bits per heavy atom. The number of hydrogen-bond acceptors (Lipinski definition) is 8. The summed E-state index contributed by atoms with van der Waals surface area (Å²) in [7, 11) is -1.62. The van der Waals surface area contributed by atoms with Gasteiger partial charge in [0.25, 0.3) is 0 Å². The number of fused-ring (bicyclic) bond motifs is 1. The molecular formula is C26H28Cl2N6O4S. The lowest BCUT2D eigenvalue weighted by Gasteiger charge is -2.34. The number of aryl methyl sites for hydroxylation is 1. The number of sulfonamides is 1. The molecule has 1 aliphatic heterocycles. The summed E-state index contributed by atoms with van der Waals surface area (Å²) in [6.07, 6.45) is 5.61. The zero-order chi connectivity index (χ0) is 27.9. The van der Waals surface area contributed by atoms with E-state index in [0.717, 1.165) is 27.8 Å². The van der Waals surface area contributed by atoms with Gasteiger partial charge in [-0.15, -0.1) is 0 Å². The Balaban J connectivity index is 1.44. The number of nitrogens with zero attached hydrogens (tertiary/aromatic N) is 5. The molecule has 13 heteroatoms. The molecule has 1 aliphatic rings. The molecule has 0 saturated carbocycles. The van der Waals surface area contributed by atoms with Crippen LogP contribution in [0, 0.1) is 6.92 Å².